The molecular formula is C45H67ClN16O9. The minimum absolute atomic E-state index is 0. The number of aliphatic hydroxyl groups is 1. The van der Waals surface area contributed by atoms with Crippen LogP contribution in [0.4, 0.5) is 17.8 Å². The zero-order chi connectivity index (χ0) is 50.0. The van der Waals surface area contributed by atoms with E-state index in [9.17, 15) is 29.7 Å². The first-order valence-corrected chi connectivity index (χ1v) is 23.6. The van der Waals surface area contributed by atoms with E-state index in [0.717, 1.165) is 12.0 Å². The van der Waals surface area contributed by atoms with Crippen molar-refractivity contribution in [2.75, 3.05) is 120 Å². The highest BCUT2D eigenvalue weighted by Gasteiger charge is 2.35. The van der Waals surface area contributed by atoms with Crippen LogP contribution in [0.3, 0.4) is 0 Å². The number of phenolic OH excluding ortho intramolecular Hbond substituents is 1. The van der Waals surface area contributed by atoms with Crippen LogP contribution in [0.5, 0.6) is 5.75 Å². The van der Waals surface area contributed by atoms with Crippen LogP contribution in [-0.2, 0) is 35.0 Å². The number of aromatic nitrogens is 9. The monoisotopic (exact) mass is 1010 g/mol. The summed E-state index contributed by atoms with van der Waals surface area (Å²) in [5.41, 5.74) is 14.2. The number of aliphatic carboxylic acids is 1. The van der Waals surface area contributed by atoms with Crippen molar-refractivity contribution in [3.63, 3.8) is 0 Å². The predicted molar refractivity (Wildman–Crippen MR) is 262 cm³/mol. The van der Waals surface area contributed by atoms with Crippen LogP contribution in [0.25, 0.3) is 0 Å². The molecule has 2 amide bonds. The summed E-state index contributed by atoms with van der Waals surface area (Å²) in [7, 11) is 0. The fourth-order valence-electron chi connectivity index (χ4n) is 7.94. The molecular weight excluding hydrogens is 944 g/mol. The van der Waals surface area contributed by atoms with Crippen LogP contribution in [0, 0.1) is 18.3 Å². The number of nitrogens with one attached hydrogen (secondary N) is 1. The Morgan fingerprint density at radius 2 is 1.34 bits per heavy atom. The van der Waals surface area contributed by atoms with Gasteiger partial charge >= 0.3 is 5.97 Å². The van der Waals surface area contributed by atoms with Gasteiger partial charge in [-0.05, 0) is 36.5 Å². The lowest BCUT2D eigenvalue weighted by Crippen LogP contribution is -2.52. The number of carboxylic acids is 1. The molecule has 0 aliphatic carbocycles. The minimum atomic E-state index is -1.06. The molecule has 3 unspecified atom stereocenters. The largest absolute Gasteiger partial charge is 0.508 e. The first-order chi connectivity index (χ1) is 33.9. The Balaban J connectivity index is 0.00000937. The summed E-state index contributed by atoms with van der Waals surface area (Å²) in [6.45, 7) is 9.13. The maximum atomic E-state index is 14.3. The second-order valence-corrected chi connectivity index (χ2v) is 17.1. The SMILES string of the molecule is C#CCOCCOCCOCCNc1nc(N2CCN(C(=O)C([C@@H](C)CC)n3cc(C(N)Cc4ccc(O)cc4)nn3)CC2)nc(N2CCN(C(=O)[C@H](CCC(=O)O)n3cc(C(N)CO)nn3)CC2)n1.Cl. The fraction of sp³-hybridized carbons (Fsp3) is 0.600. The van der Waals surface area contributed by atoms with E-state index in [-0.39, 0.29) is 80.7 Å². The van der Waals surface area contributed by atoms with Gasteiger partial charge in [0.2, 0.25) is 29.7 Å². The molecule has 26 heteroatoms. The number of carbonyl (C=O) groups excluding carboxylic acids is 2. The van der Waals surface area contributed by atoms with Gasteiger partial charge in [-0.15, -0.1) is 29.0 Å². The normalized spacial score (nSPS) is 16.1. The molecule has 25 nitrogen and oxygen atoms in total. The van der Waals surface area contributed by atoms with Crippen LogP contribution in [0.2, 0.25) is 0 Å². The molecule has 388 valence electrons. The average molecular weight is 1010 g/mol. The summed E-state index contributed by atoms with van der Waals surface area (Å²) in [4.78, 5) is 61.8. The number of halogens is 1. The number of carbonyl (C=O) groups is 3. The molecule has 3 aromatic heterocycles. The third kappa shape index (κ3) is 15.9. The molecule has 0 saturated carbocycles. The number of hydrogen-bond acceptors (Lipinski definition) is 20. The molecule has 0 radical (unpaired) electrons. The minimum Gasteiger partial charge on any atom is -0.508 e. The number of terminal acetylenes is 1. The summed E-state index contributed by atoms with van der Waals surface area (Å²) >= 11 is 0. The molecule has 5 atom stereocenters. The number of nitrogens with zero attached hydrogens (tertiary/aromatic N) is 13. The second-order valence-electron chi connectivity index (χ2n) is 17.1. The van der Waals surface area contributed by atoms with Crippen molar-refractivity contribution >= 4 is 48.0 Å². The van der Waals surface area contributed by atoms with Gasteiger partial charge < -0.3 is 65.9 Å². The smallest absolute Gasteiger partial charge is 0.303 e. The highest BCUT2D eigenvalue weighted by atomic mass is 35.5. The van der Waals surface area contributed by atoms with Gasteiger partial charge in [0.25, 0.3) is 0 Å². The van der Waals surface area contributed by atoms with Crippen molar-refractivity contribution in [1.82, 2.24) is 54.7 Å². The van der Waals surface area contributed by atoms with Gasteiger partial charge in [-0.2, -0.15) is 15.0 Å². The lowest BCUT2D eigenvalue weighted by Gasteiger charge is -2.38. The Labute approximate surface area is 418 Å². The number of phenols is 1. The average Bonchev–Trinajstić information content (AvgIpc) is 4.07. The summed E-state index contributed by atoms with van der Waals surface area (Å²) in [5.74, 6) is 2.20. The van der Waals surface area contributed by atoms with E-state index < -0.39 is 30.1 Å². The van der Waals surface area contributed by atoms with Gasteiger partial charge in [0.15, 0.2) is 0 Å². The Kier molecular flexibility index (Phi) is 21.9. The zero-order valence-electron chi connectivity index (χ0n) is 40.2. The third-order valence-corrected chi connectivity index (χ3v) is 12.2. The van der Waals surface area contributed by atoms with Gasteiger partial charge in [0.05, 0.1) is 69.8 Å². The number of aromatic hydroxyl groups is 1. The van der Waals surface area contributed by atoms with Gasteiger partial charge in [-0.3, -0.25) is 14.4 Å². The number of piperazine rings is 2. The van der Waals surface area contributed by atoms with Crippen molar-refractivity contribution in [2.24, 2.45) is 17.4 Å². The summed E-state index contributed by atoms with van der Waals surface area (Å²) in [5, 5.41) is 48.7. The Hall–Kier alpha value is -6.27. The molecule has 0 spiro atoms. The summed E-state index contributed by atoms with van der Waals surface area (Å²) in [6.07, 6.45) is 9.33. The third-order valence-electron chi connectivity index (χ3n) is 12.2. The van der Waals surface area contributed by atoms with Crippen LogP contribution >= 0.6 is 12.4 Å². The van der Waals surface area contributed by atoms with Crippen LogP contribution < -0.4 is 26.6 Å². The second kappa shape index (κ2) is 27.9. The standard InChI is InChI=1S/C45H66N16O9.ClH/c1-4-21-68-23-25-70-26-24-69-22-12-48-43-49-44(58-17-13-56(14-18-58)41(66)38(10-11-39(64)65)60-28-37(53-54-60)35(47)30-62)51-45(50-43)59-19-15-57(16-20-59)42(67)40(31(3)5-2)61-29-36(52-55-61)34(46)27-32-6-8-33(63)9-7-32;/h1,6-9,28-29,31,34-35,38,40,62-63H,5,10-27,30,46-47H2,2-3H3,(H,64,65)(H,48,49,50,51);1H/t31-,34?,35?,38-,40?;/m0./s1. The zero-order valence-corrected chi connectivity index (χ0v) is 41.1. The quantitative estimate of drug-likeness (QED) is 0.0343. The van der Waals surface area contributed by atoms with E-state index in [2.05, 4.69) is 31.9 Å². The van der Waals surface area contributed by atoms with Crippen molar-refractivity contribution < 1.29 is 43.9 Å². The number of benzene rings is 1. The number of ether oxygens (including phenoxy) is 3. The van der Waals surface area contributed by atoms with E-state index >= 15 is 0 Å². The van der Waals surface area contributed by atoms with E-state index in [1.807, 2.05) is 40.7 Å². The highest BCUT2D eigenvalue weighted by molar-refractivity contribution is 5.85. The van der Waals surface area contributed by atoms with E-state index in [1.54, 1.807) is 27.9 Å². The van der Waals surface area contributed by atoms with Gasteiger partial charge in [-0.1, -0.05) is 48.7 Å². The molecule has 0 bridgehead atoms. The predicted octanol–water partition coefficient (Wildman–Crippen LogP) is 0.202. The number of anilines is 3. The van der Waals surface area contributed by atoms with Crippen LogP contribution in [-0.4, -0.2) is 193 Å². The Morgan fingerprint density at radius 1 is 0.789 bits per heavy atom. The molecule has 5 heterocycles. The Bertz CT molecular complexity index is 2320. The molecule has 2 fully saturated rings. The Morgan fingerprint density at radius 3 is 1.92 bits per heavy atom. The number of amides is 2. The number of hydrogen-bond donors (Lipinski definition) is 6. The van der Waals surface area contributed by atoms with E-state index in [0.29, 0.717) is 109 Å². The molecule has 4 aromatic rings. The number of nitrogens with two attached hydrogens (primary N) is 2. The topological polar surface area (TPSA) is 317 Å². The van der Waals surface area contributed by atoms with Gasteiger partial charge in [0, 0.05) is 65.3 Å². The van der Waals surface area contributed by atoms with E-state index in [4.69, 9.17) is 47.1 Å². The van der Waals surface area contributed by atoms with Crippen molar-refractivity contribution in [3.8, 4) is 18.1 Å². The van der Waals surface area contributed by atoms with Crippen molar-refractivity contribution in [3.05, 3.63) is 53.6 Å². The number of rotatable bonds is 27. The highest BCUT2D eigenvalue weighted by Crippen LogP contribution is 2.27. The molecule has 2 aliphatic rings. The fourth-order valence-corrected chi connectivity index (χ4v) is 7.94. The summed E-state index contributed by atoms with van der Waals surface area (Å²) < 4.78 is 19.4. The maximum Gasteiger partial charge on any atom is 0.303 e. The van der Waals surface area contributed by atoms with Gasteiger partial charge in [-0.25, -0.2) is 9.36 Å². The molecule has 8 N–H and O–H groups in total. The van der Waals surface area contributed by atoms with Crippen LogP contribution in [0.1, 0.15) is 74.2 Å². The van der Waals surface area contributed by atoms with Crippen molar-refractivity contribution in [1.29, 1.82) is 0 Å². The van der Waals surface area contributed by atoms with Crippen molar-refractivity contribution in [2.45, 2.75) is 63.7 Å². The first-order valence-electron chi connectivity index (χ1n) is 23.6. The lowest BCUT2D eigenvalue weighted by molar-refractivity contribution is -0.139. The summed E-state index contributed by atoms with van der Waals surface area (Å²) in [6, 6.07) is 4.03. The molecule has 71 heavy (non-hydrogen) atoms. The maximum absolute atomic E-state index is 14.3. The van der Waals surface area contributed by atoms with Crippen LogP contribution in [0.15, 0.2) is 36.7 Å². The molecule has 1 aromatic carbocycles. The number of carboxylic acid groups (broad SMARTS) is 1. The molecule has 6 rings (SSSR count). The van der Waals surface area contributed by atoms with Gasteiger partial charge in [0.1, 0.15) is 30.1 Å². The van der Waals surface area contributed by atoms with E-state index in [1.165, 1.54) is 10.9 Å². The molecule has 2 saturated heterocycles. The lowest BCUT2D eigenvalue weighted by atomic mass is 9.97. The first kappa shape index (κ1) is 55.7. The molecule has 2 aliphatic heterocycles. The number of aliphatic hydroxyl groups excluding tert-OH is 1.